The zero-order valence-corrected chi connectivity index (χ0v) is 18.1. The highest BCUT2D eigenvalue weighted by Gasteiger charge is 2.12. The van der Waals surface area contributed by atoms with Crippen molar-refractivity contribution in [1.29, 1.82) is 0 Å². The number of hydrogen-bond acceptors (Lipinski definition) is 6. The Hall–Kier alpha value is -2.58. The van der Waals surface area contributed by atoms with E-state index in [4.69, 9.17) is 0 Å². The molecular formula is C21H24N4O2S2. The van der Waals surface area contributed by atoms with Crippen LogP contribution in [0.3, 0.4) is 0 Å². The molecule has 0 aliphatic rings. The third-order valence-electron chi connectivity index (χ3n) is 4.09. The molecule has 2 N–H and O–H groups in total. The van der Waals surface area contributed by atoms with Gasteiger partial charge in [-0.05, 0) is 48.4 Å². The molecule has 3 aromatic rings. The lowest BCUT2D eigenvalue weighted by atomic mass is 10.1. The Morgan fingerprint density at radius 2 is 1.97 bits per heavy atom. The van der Waals surface area contributed by atoms with Gasteiger partial charge in [-0.15, -0.1) is 21.5 Å². The molecule has 2 amide bonds. The minimum atomic E-state index is -0.272. The van der Waals surface area contributed by atoms with E-state index in [1.54, 1.807) is 35.6 Å². The van der Waals surface area contributed by atoms with Crippen LogP contribution in [0.4, 0.5) is 10.8 Å². The molecular weight excluding hydrogens is 404 g/mol. The molecule has 2 aromatic heterocycles. The average molecular weight is 429 g/mol. The summed E-state index contributed by atoms with van der Waals surface area (Å²) in [5.41, 5.74) is 1.07. The molecule has 0 saturated heterocycles. The van der Waals surface area contributed by atoms with E-state index in [1.807, 2.05) is 11.4 Å². The van der Waals surface area contributed by atoms with Gasteiger partial charge in [0.05, 0.1) is 0 Å². The summed E-state index contributed by atoms with van der Waals surface area (Å²) in [6, 6.07) is 11.0. The second-order valence-corrected chi connectivity index (χ2v) is 9.21. The van der Waals surface area contributed by atoms with Crippen LogP contribution in [0.25, 0.3) is 0 Å². The van der Waals surface area contributed by atoms with Gasteiger partial charge in [0, 0.05) is 29.0 Å². The summed E-state index contributed by atoms with van der Waals surface area (Å²) in [4.78, 5) is 26.0. The molecule has 3 rings (SSSR count). The van der Waals surface area contributed by atoms with Gasteiger partial charge in [0.25, 0.3) is 5.91 Å². The molecule has 8 heteroatoms. The maximum Gasteiger partial charge on any atom is 0.257 e. The van der Waals surface area contributed by atoms with Crippen LogP contribution in [0, 0.1) is 5.92 Å². The lowest BCUT2D eigenvalue weighted by molar-refractivity contribution is -0.116. The van der Waals surface area contributed by atoms with Gasteiger partial charge in [-0.3, -0.25) is 14.9 Å². The van der Waals surface area contributed by atoms with E-state index in [-0.39, 0.29) is 11.8 Å². The maximum absolute atomic E-state index is 12.5. The number of benzene rings is 1. The molecule has 0 aliphatic heterocycles. The Morgan fingerprint density at radius 3 is 2.72 bits per heavy atom. The first-order valence-electron chi connectivity index (χ1n) is 9.55. The molecule has 2 heterocycles. The predicted molar refractivity (Wildman–Crippen MR) is 119 cm³/mol. The van der Waals surface area contributed by atoms with Crippen LogP contribution in [0.2, 0.25) is 0 Å². The van der Waals surface area contributed by atoms with Crippen LogP contribution in [0.15, 0.2) is 41.8 Å². The topological polar surface area (TPSA) is 84.0 Å². The largest absolute Gasteiger partial charge is 0.326 e. The van der Waals surface area contributed by atoms with E-state index in [1.165, 1.54) is 16.2 Å². The van der Waals surface area contributed by atoms with Crippen molar-refractivity contribution in [3.8, 4) is 0 Å². The number of anilines is 2. The molecule has 152 valence electrons. The predicted octanol–water partition coefficient (Wildman–Crippen LogP) is 5.01. The highest BCUT2D eigenvalue weighted by molar-refractivity contribution is 7.15. The van der Waals surface area contributed by atoms with E-state index in [9.17, 15) is 9.59 Å². The summed E-state index contributed by atoms with van der Waals surface area (Å²) in [6.45, 7) is 4.23. The summed E-state index contributed by atoms with van der Waals surface area (Å²) in [5.74, 6) is 0.157. The summed E-state index contributed by atoms with van der Waals surface area (Å²) < 4.78 is 0. The van der Waals surface area contributed by atoms with E-state index >= 15 is 0 Å². The molecule has 0 unspecified atom stereocenters. The van der Waals surface area contributed by atoms with Crippen LogP contribution >= 0.6 is 22.7 Å². The van der Waals surface area contributed by atoms with E-state index in [0.717, 1.165) is 24.3 Å². The van der Waals surface area contributed by atoms with Crippen molar-refractivity contribution in [1.82, 2.24) is 10.2 Å². The van der Waals surface area contributed by atoms with Gasteiger partial charge < -0.3 is 5.32 Å². The molecule has 0 saturated carbocycles. The van der Waals surface area contributed by atoms with Gasteiger partial charge in [0.15, 0.2) is 0 Å². The van der Waals surface area contributed by atoms with Crippen molar-refractivity contribution < 1.29 is 9.59 Å². The Labute approximate surface area is 178 Å². The third-order valence-corrected chi connectivity index (χ3v) is 5.88. The lowest BCUT2D eigenvalue weighted by Crippen LogP contribution is -2.14. The quantitative estimate of drug-likeness (QED) is 0.502. The van der Waals surface area contributed by atoms with Crippen molar-refractivity contribution in [3.05, 3.63) is 57.2 Å². The van der Waals surface area contributed by atoms with Gasteiger partial charge in [-0.2, -0.15) is 0 Å². The van der Waals surface area contributed by atoms with Crippen molar-refractivity contribution >= 4 is 45.3 Å². The number of thiophene rings is 1. The molecule has 29 heavy (non-hydrogen) atoms. The normalized spacial score (nSPS) is 10.9. The van der Waals surface area contributed by atoms with Gasteiger partial charge in [-0.25, -0.2) is 0 Å². The zero-order chi connectivity index (χ0) is 20.6. The zero-order valence-electron chi connectivity index (χ0n) is 16.5. The van der Waals surface area contributed by atoms with Crippen molar-refractivity contribution in [2.75, 3.05) is 10.6 Å². The Morgan fingerprint density at radius 1 is 1.10 bits per heavy atom. The average Bonchev–Trinajstić information content (AvgIpc) is 3.33. The number of aromatic nitrogens is 2. The number of carbonyl (C=O) groups is 2. The van der Waals surface area contributed by atoms with E-state index < -0.39 is 0 Å². The van der Waals surface area contributed by atoms with Crippen LogP contribution in [0.1, 0.15) is 46.9 Å². The van der Waals surface area contributed by atoms with Crippen molar-refractivity contribution in [3.63, 3.8) is 0 Å². The number of amides is 2. The molecule has 1 aromatic carbocycles. The minimum absolute atomic E-state index is 0.0541. The van der Waals surface area contributed by atoms with Crippen LogP contribution < -0.4 is 10.6 Å². The molecule has 0 spiro atoms. The standard InChI is InChI=1S/C21H24N4O2S2/c1-14(2)12-19-24-25-21(29-19)23-20(27)15-6-3-7-16(13-15)22-18(26)10-4-8-17-9-5-11-28-17/h3,5-7,9,11,13-14H,4,8,10,12H2,1-2H3,(H,22,26)(H,23,25,27). The van der Waals surface area contributed by atoms with Gasteiger partial charge in [0.2, 0.25) is 11.0 Å². The Kier molecular flexibility index (Phi) is 7.48. The monoisotopic (exact) mass is 428 g/mol. The van der Waals surface area contributed by atoms with Gasteiger partial charge >= 0.3 is 0 Å². The number of nitrogens with one attached hydrogen (secondary N) is 2. The molecule has 0 bridgehead atoms. The van der Waals surface area contributed by atoms with Crippen molar-refractivity contribution in [2.24, 2.45) is 5.92 Å². The van der Waals surface area contributed by atoms with Crippen molar-refractivity contribution in [2.45, 2.75) is 39.5 Å². The first kappa shape index (κ1) is 21.1. The summed E-state index contributed by atoms with van der Waals surface area (Å²) in [5, 5.41) is 17.2. The summed E-state index contributed by atoms with van der Waals surface area (Å²) >= 11 is 3.09. The third kappa shape index (κ3) is 6.76. The summed E-state index contributed by atoms with van der Waals surface area (Å²) in [7, 11) is 0. The van der Waals surface area contributed by atoms with E-state index in [2.05, 4.69) is 40.7 Å². The van der Waals surface area contributed by atoms with Gasteiger partial charge in [0.1, 0.15) is 5.01 Å². The number of carbonyl (C=O) groups excluding carboxylic acids is 2. The van der Waals surface area contributed by atoms with Gasteiger partial charge in [-0.1, -0.05) is 37.3 Å². The number of rotatable bonds is 9. The molecule has 0 atom stereocenters. The first-order valence-corrected chi connectivity index (χ1v) is 11.3. The van der Waals surface area contributed by atoms with Crippen LogP contribution in [-0.4, -0.2) is 22.0 Å². The molecule has 0 aliphatic carbocycles. The molecule has 0 radical (unpaired) electrons. The number of nitrogens with zero attached hydrogens (tertiary/aromatic N) is 2. The molecule has 0 fully saturated rings. The molecule has 6 nitrogen and oxygen atoms in total. The SMILES string of the molecule is CC(C)Cc1nnc(NC(=O)c2cccc(NC(=O)CCCc3cccs3)c2)s1. The van der Waals surface area contributed by atoms with Crippen LogP contribution in [-0.2, 0) is 17.6 Å². The van der Waals surface area contributed by atoms with Crippen LogP contribution in [0.5, 0.6) is 0 Å². The second-order valence-electron chi connectivity index (χ2n) is 7.11. The summed E-state index contributed by atoms with van der Waals surface area (Å²) in [6.07, 6.45) is 2.97. The maximum atomic E-state index is 12.5. The smallest absolute Gasteiger partial charge is 0.257 e. The second kappa shape index (κ2) is 10.3. The lowest BCUT2D eigenvalue weighted by Gasteiger charge is -2.07. The first-order chi connectivity index (χ1) is 14.0. The highest BCUT2D eigenvalue weighted by Crippen LogP contribution is 2.20. The number of aryl methyl sites for hydroxylation is 1. The Balaban J connectivity index is 1.52. The van der Waals surface area contributed by atoms with E-state index in [0.29, 0.717) is 28.7 Å². The fourth-order valence-corrected chi connectivity index (χ4v) is 4.44. The Bertz CT molecular complexity index is 951. The fraction of sp³-hybridized carbons (Fsp3) is 0.333. The fourth-order valence-electron chi connectivity index (χ4n) is 2.74. The highest BCUT2D eigenvalue weighted by atomic mass is 32.1. The minimum Gasteiger partial charge on any atom is -0.326 e. The number of hydrogen-bond donors (Lipinski definition) is 2.